The molecule has 0 aliphatic carbocycles. The Morgan fingerprint density at radius 2 is 0.701 bits per heavy atom. The molecule has 67 heavy (non-hydrogen) atoms. The number of allylic oxidation sites excluding steroid dienone is 22. The van der Waals surface area contributed by atoms with Crippen molar-refractivity contribution in [3.8, 4) is 0 Å². The molecule has 0 aliphatic rings. The molecule has 0 spiro atoms. The molecule has 6 nitrogen and oxygen atoms in total. The van der Waals surface area contributed by atoms with Crippen LogP contribution in [0.1, 0.15) is 213 Å². The quantitative estimate of drug-likeness (QED) is 0.0199. The minimum atomic E-state index is -0.825. The van der Waals surface area contributed by atoms with Crippen LogP contribution in [-0.4, -0.2) is 37.2 Å². The average molecular weight is 925 g/mol. The van der Waals surface area contributed by atoms with E-state index in [1.165, 1.54) is 64.2 Å². The summed E-state index contributed by atoms with van der Waals surface area (Å²) >= 11 is 0. The second kappa shape index (κ2) is 54.2. The maximum Gasteiger partial charge on any atom is 0.306 e. The van der Waals surface area contributed by atoms with Crippen molar-refractivity contribution in [2.75, 3.05) is 13.2 Å². The fourth-order valence-corrected chi connectivity index (χ4v) is 6.79. The number of carbonyl (C=O) groups excluding carboxylic acids is 3. The van der Waals surface area contributed by atoms with Gasteiger partial charge in [-0.15, -0.1) is 0 Å². The molecule has 0 radical (unpaired) electrons. The monoisotopic (exact) mass is 925 g/mol. The molecule has 0 fully saturated rings. The van der Waals surface area contributed by atoms with Gasteiger partial charge in [0.2, 0.25) is 0 Å². The van der Waals surface area contributed by atoms with Gasteiger partial charge in [-0.25, -0.2) is 0 Å². The fourth-order valence-electron chi connectivity index (χ4n) is 6.79. The lowest BCUT2D eigenvalue weighted by Gasteiger charge is -2.18. The van der Waals surface area contributed by atoms with Gasteiger partial charge < -0.3 is 14.2 Å². The lowest BCUT2D eigenvalue weighted by atomic mass is 10.0. The van der Waals surface area contributed by atoms with Crippen LogP contribution in [-0.2, 0) is 28.6 Å². The Hall–Kier alpha value is -4.45. The van der Waals surface area contributed by atoms with Gasteiger partial charge >= 0.3 is 17.9 Å². The normalized spacial score (nSPS) is 13.2. The second-order valence-corrected chi connectivity index (χ2v) is 17.2. The molecular weight excluding hydrogens is 829 g/mol. The Morgan fingerprint density at radius 1 is 0.328 bits per heavy atom. The van der Waals surface area contributed by atoms with Crippen LogP contribution in [0.15, 0.2) is 134 Å². The summed E-state index contributed by atoms with van der Waals surface area (Å²) < 4.78 is 16.7. The first-order chi connectivity index (χ1) is 33.0. The van der Waals surface area contributed by atoms with E-state index in [1.54, 1.807) is 0 Å². The van der Waals surface area contributed by atoms with Gasteiger partial charge in [0.1, 0.15) is 13.2 Å². The summed E-state index contributed by atoms with van der Waals surface area (Å²) in [6.07, 6.45) is 75.8. The second-order valence-electron chi connectivity index (χ2n) is 17.2. The van der Waals surface area contributed by atoms with Crippen molar-refractivity contribution in [1.29, 1.82) is 0 Å². The summed E-state index contributed by atoms with van der Waals surface area (Å²) in [7, 11) is 0. The molecule has 1 atom stereocenters. The first-order valence-electron chi connectivity index (χ1n) is 26.8. The summed E-state index contributed by atoms with van der Waals surface area (Å²) in [6, 6.07) is 0. The molecule has 0 N–H and O–H groups in total. The molecule has 0 rings (SSSR count). The van der Waals surface area contributed by atoms with E-state index in [9.17, 15) is 14.4 Å². The molecule has 0 aliphatic heterocycles. The lowest BCUT2D eigenvalue weighted by Crippen LogP contribution is -2.30. The predicted molar refractivity (Wildman–Crippen MR) is 288 cm³/mol. The van der Waals surface area contributed by atoms with Crippen LogP contribution in [0.2, 0.25) is 0 Å². The summed E-state index contributed by atoms with van der Waals surface area (Å²) in [5.41, 5.74) is 0. The van der Waals surface area contributed by atoms with Gasteiger partial charge in [-0.2, -0.15) is 0 Å². The highest BCUT2D eigenvalue weighted by atomic mass is 16.6. The standard InChI is InChI=1S/C61H96O6/c1-4-7-10-13-16-19-22-25-27-29-31-33-34-36-39-42-45-48-51-54-60(63)66-57-58(56-65-59(62)53-50-47-44-41-38-24-21-18-15-12-9-6-3)67-61(64)55-52-49-46-43-40-37-35-32-30-28-26-23-20-17-14-11-8-5-2/h7,10-11,14,16-17,19-20,23,25-28,30-33,35-36,39,45,48,58H,4-6,8-9,12-13,15,18,21-22,24,29,34,37-38,40-44,46-47,49-57H2,1-3H3/b10-7-,14-11-,19-16-,20-17-,26-23-,27-25-,30-28-,33-31-,35-32-,39-36-,48-45-. The van der Waals surface area contributed by atoms with Crippen molar-refractivity contribution in [3.05, 3.63) is 134 Å². The minimum absolute atomic E-state index is 0.115. The van der Waals surface area contributed by atoms with Crippen molar-refractivity contribution in [2.45, 2.75) is 219 Å². The number of esters is 3. The zero-order valence-electron chi connectivity index (χ0n) is 42.9. The van der Waals surface area contributed by atoms with E-state index in [-0.39, 0.29) is 44.0 Å². The molecule has 0 aromatic heterocycles. The third-order valence-electron chi connectivity index (χ3n) is 10.8. The minimum Gasteiger partial charge on any atom is -0.462 e. The van der Waals surface area contributed by atoms with Crippen molar-refractivity contribution >= 4 is 17.9 Å². The van der Waals surface area contributed by atoms with E-state index >= 15 is 0 Å². The summed E-state index contributed by atoms with van der Waals surface area (Å²) in [6.45, 7) is 6.33. The van der Waals surface area contributed by atoms with Crippen LogP contribution >= 0.6 is 0 Å². The van der Waals surface area contributed by atoms with Crippen molar-refractivity contribution in [2.24, 2.45) is 0 Å². The van der Waals surface area contributed by atoms with E-state index in [0.717, 1.165) is 103 Å². The SMILES string of the molecule is CC/C=C\C/C=C\C/C=C\C/C=C\C/C=C\C/C=C\CCC(=O)OCC(COC(=O)CCCCCCCCCCCCCC)OC(=O)CCCCCCC\C=C/C=C\C=C/C=C\C=C/CCC. The molecule has 0 aromatic carbocycles. The van der Waals surface area contributed by atoms with Crippen molar-refractivity contribution < 1.29 is 28.6 Å². The third-order valence-corrected chi connectivity index (χ3v) is 10.8. The van der Waals surface area contributed by atoms with Gasteiger partial charge in [0, 0.05) is 19.3 Å². The summed E-state index contributed by atoms with van der Waals surface area (Å²) in [5.74, 6) is -1.04. The van der Waals surface area contributed by atoms with E-state index < -0.39 is 6.10 Å². The smallest absolute Gasteiger partial charge is 0.306 e. The fraction of sp³-hybridized carbons (Fsp3) is 0.590. The van der Waals surface area contributed by atoms with Crippen LogP contribution in [0.5, 0.6) is 0 Å². The molecule has 0 saturated heterocycles. The summed E-state index contributed by atoms with van der Waals surface area (Å²) in [4.78, 5) is 38.0. The number of hydrogen-bond acceptors (Lipinski definition) is 6. The van der Waals surface area contributed by atoms with Gasteiger partial charge in [-0.1, -0.05) is 251 Å². The van der Waals surface area contributed by atoms with E-state index in [4.69, 9.17) is 14.2 Å². The van der Waals surface area contributed by atoms with E-state index in [2.05, 4.69) is 106 Å². The molecule has 0 bridgehead atoms. The Kier molecular flexibility index (Phi) is 50.6. The molecule has 1 unspecified atom stereocenters. The average Bonchev–Trinajstić information content (AvgIpc) is 3.33. The molecule has 0 heterocycles. The van der Waals surface area contributed by atoms with E-state index in [0.29, 0.717) is 12.8 Å². The van der Waals surface area contributed by atoms with Gasteiger partial charge in [-0.05, 0) is 77.0 Å². The van der Waals surface area contributed by atoms with E-state index in [1.807, 2.05) is 48.6 Å². The number of unbranched alkanes of at least 4 members (excludes halogenated alkanes) is 17. The van der Waals surface area contributed by atoms with Crippen molar-refractivity contribution in [1.82, 2.24) is 0 Å². The van der Waals surface area contributed by atoms with Gasteiger partial charge in [0.25, 0.3) is 0 Å². The largest absolute Gasteiger partial charge is 0.462 e. The molecule has 0 aromatic rings. The molecule has 6 heteroatoms. The highest BCUT2D eigenvalue weighted by Crippen LogP contribution is 2.14. The van der Waals surface area contributed by atoms with Gasteiger partial charge in [0.05, 0.1) is 0 Å². The molecule has 0 amide bonds. The Balaban J connectivity index is 4.57. The van der Waals surface area contributed by atoms with Crippen LogP contribution in [0.3, 0.4) is 0 Å². The highest BCUT2D eigenvalue weighted by Gasteiger charge is 2.19. The van der Waals surface area contributed by atoms with Crippen LogP contribution in [0.25, 0.3) is 0 Å². The molecule has 0 saturated carbocycles. The highest BCUT2D eigenvalue weighted by molar-refractivity contribution is 5.71. The number of rotatable bonds is 46. The topological polar surface area (TPSA) is 78.9 Å². The number of carbonyl (C=O) groups is 3. The number of hydrogen-bond donors (Lipinski definition) is 0. The number of ether oxygens (including phenoxy) is 3. The van der Waals surface area contributed by atoms with Crippen LogP contribution < -0.4 is 0 Å². The zero-order valence-corrected chi connectivity index (χ0v) is 42.9. The third kappa shape index (κ3) is 52.4. The first kappa shape index (κ1) is 62.5. The zero-order chi connectivity index (χ0) is 48.6. The van der Waals surface area contributed by atoms with Gasteiger partial charge in [-0.3, -0.25) is 14.4 Å². The Labute approximate surface area is 411 Å². The summed E-state index contributed by atoms with van der Waals surface area (Å²) in [5, 5.41) is 0. The molecule has 376 valence electrons. The maximum atomic E-state index is 12.8. The van der Waals surface area contributed by atoms with Gasteiger partial charge in [0.15, 0.2) is 6.10 Å². The predicted octanol–water partition coefficient (Wildman–Crippen LogP) is 17.9. The van der Waals surface area contributed by atoms with Crippen LogP contribution in [0, 0.1) is 0 Å². The first-order valence-corrected chi connectivity index (χ1v) is 26.8. The van der Waals surface area contributed by atoms with Crippen molar-refractivity contribution in [3.63, 3.8) is 0 Å². The Bertz CT molecular complexity index is 1480. The lowest BCUT2D eigenvalue weighted by molar-refractivity contribution is -0.166. The Morgan fingerprint density at radius 3 is 1.16 bits per heavy atom. The molecular formula is C61H96O6. The van der Waals surface area contributed by atoms with Crippen LogP contribution in [0.4, 0.5) is 0 Å². The maximum absolute atomic E-state index is 12.8.